The van der Waals surface area contributed by atoms with Gasteiger partial charge < -0.3 is 14.0 Å². The van der Waals surface area contributed by atoms with Crippen LogP contribution in [0.25, 0.3) is 27.7 Å². The van der Waals surface area contributed by atoms with Gasteiger partial charge in [-0.1, -0.05) is 54.6 Å². The summed E-state index contributed by atoms with van der Waals surface area (Å²) >= 11 is 0. The van der Waals surface area contributed by atoms with Crippen LogP contribution >= 0.6 is 0 Å². The van der Waals surface area contributed by atoms with Crippen LogP contribution in [0.1, 0.15) is 45.0 Å². The molecule has 2 aliphatic heterocycles. The fraction of sp³-hybridized carbons (Fsp3) is 0.171. The highest BCUT2D eigenvalue weighted by atomic mass is 16.6. The highest BCUT2D eigenvalue weighted by molar-refractivity contribution is 5.96. The predicted molar refractivity (Wildman–Crippen MR) is 160 cm³/mol. The van der Waals surface area contributed by atoms with Crippen LogP contribution in [0.2, 0.25) is 0 Å². The lowest BCUT2D eigenvalue weighted by Gasteiger charge is -2.34. The van der Waals surface area contributed by atoms with Crippen LogP contribution in [0, 0.1) is 6.92 Å². The number of carbonyl (C=O) groups is 1. The molecule has 0 N–H and O–H groups in total. The third-order valence-electron chi connectivity index (χ3n) is 8.66. The number of ether oxygens (including phenoxy) is 1. The number of rotatable bonds is 3. The predicted octanol–water partition coefficient (Wildman–Crippen LogP) is 6.70. The van der Waals surface area contributed by atoms with E-state index in [2.05, 4.69) is 63.8 Å². The van der Waals surface area contributed by atoms with E-state index in [1.165, 1.54) is 11.3 Å². The molecule has 41 heavy (non-hydrogen) atoms. The first-order chi connectivity index (χ1) is 20.1. The summed E-state index contributed by atoms with van der Waals surface area (Å²) in [5.74, 6) is -0.417. The van der Waals surface area contributed by atoms with E-state index in [9.17, 15) is 4.79 Å². The molecule has 0 spiro atoms. The van der Waals surface area contributed by atoms with E-state index >= 15 is 0 Å². The first-order valence-corrected chi connectivity index (χ1v) is 14.1. The van der Waals surface area contributed by atoms with Crippen LogP contribution in [-0.4, -0.2) is 33.9 Å². The zero-order valence-corrected chi connectivity index (χ0v) is 23.0. The number of hydrogen-bond donors (Lipinski definition) is 0. The second-order valence-corrected chi connectivity index (χ2v) is 11.0. The molecule has 6 nitrogen and oxygen atoms in total. The number of nitrogens with zero attached hydrogens (tertiary/aromatic N) is 4. The lowest BCUT2D eigenvalue weighted by molar-refractivity contribution is 0.0236. The van der Waals surface area contributed by atoms with E-state index in [1.807, 2.05) is 55.5 Å². The van der Waals surface area contributed by atoms with Crippen molar-refractivity contribution in [3.63, 3.8) is 0 Å². The number of aryl methyl sites for hydroxylation is 2. The van der Waals surface area contributed by atoms with Crippen LogP contribution in [-0.2, 0) is 16.8 Å². The van der Waals surface area contributed by atoms with E-state index in [1.54, 1.807) is 6.20 Å². The van der Waals surface area contributed by atoms with E-state index in [4.69, 9.17) is 9.72 Å². The van der Waals surface area contributed by atoms with Gasteiger partial charge in [-0.25, -0.2) is 14.8 Å². The normalized spacial score (nSPS) is 18.0. The van der Waals surface area contributed by atoms with E-state index in [0.717, 1.165) is 69.6 Å². The Balaban J connectivity index is 1.57. The highest BCUT2D eigenvalue weighted by Crippen LogP contribution is 2.51. The van der Waals surface area contributed by atoms with Gasteiger partial charge in [0.15, 0.2) is 5.69 Å². The Labute approximate surface area is 237 Å². The molecule has 3 aromatic heterocycles. The van der Waals surface area contributed by atoms with Crippen LogP contribution < -0.4 is 4.90 Å². The largest absolute Gasteiger partial charge is 0.438 e. The molecule has 8 rings (SSSR count). The molecule has 0 bridgehead atoms. The maximum absolute atomic E-state index is 13.7. The zero-order valence-electron chi connectivity index (χ0n) is 23.0. The summed E-state index contributed by atoms with van der Waals surface area (Å²) in [5.41, 5.74) is 9.92. The van der Waals surface area contributed by atoms with Crippen molar-refractivity contribution < 1.29 is 9.53 Å². The van der Waals surface area contributed by atoms with Crippen LogP contribution in [0.5, 0.6) is 0 Å². The smallest absolute Gasteiger partial charge is 0.359 e. The van der Waals surface area contributed by atoms with Crippen LogP contribution in [0.4, 0.5) is 5.69 Å². The summed E-state index contributed by atoms with van der Waals surface area (Å²) in [4.78, 5) is 25.5. The third kappa shape index (κ3) is 3.34. The van der Waals surface area contributed by atoms with E-state index in [0.29, 0.717) is 5.69 Å². The zero-order chi connectivity index (χ0) is 27.7. The molecule has 0 aliphatic carbocycles. The summed E-state index contributed by atoms with van der Waals surface area (Å²) in [6.45, 7) is 3.07. The molecule has 0 amide bonds. The number of hydrogen-bond acceptors (Lipinski definition) is 5. The van der Waals surface area contributed by atoms with Gasteiger partial charge in [0.2, 0.25) is 5.60 Å². The van der Waals surface area contributed by atoms with Crippen molar-refractivity contribution in [2.24, 2.45) is 0 Å². The SMILES string of the molecule is Cc1nc2ccccc2n2c(C3(c4ccc5c(c4)CCCN5C)OC(=O)c4ncccc43)c(-c3ccccc3)cc12. The van der Waals surface area contributed by atoms with Gasteiger partial charge in [0.25, 0.3) is 0 Å². The van der Waals surface area contributed by atoms with E-state index in [-0.39, 0.29) is 0 Å². The lowest BCUT2D eigenvalue weighted by Crippen LogP contribution is -2.33. The molecular weight excluding hydrogens is 508 g/mol. The van der Waals surface area contributed by atoms with Crippen LogP contribution in [0.3, 0.4) is 0 Å². The highest BCUT2D eigenvalue weighted by Gasteiger charge is 2.53. The van der Waals surface area contributed by atoms with Crippen LogP contribution in [0.15, 0.2) is 97.2 Å². The maximum atomic E-state index is 13.7. The molecule has 5 heterocycles. The summed E-state index contributed by atoms with van der Waals surface area (Å²) in [6.07, 6.45) is 3.72. The number of esters is 1. The Morgan fingerprint density at radius 3 is 2.61 bits per heavy atom. The van der Waals surface area contributed by atoms with Gasteiger partial charge in [0.05, 0.1) is 27.9 Å². The average molecular weight is 537 g/mol. The summed E-state index contributed by atoms with van der Waals surface area (Å²) in [5, 5.41) is 0. The summed E-state index contributed by atoms with van der Waals surface area (Å²) in [7, 11) is 2.14. The van der Waals surface area contributed by atoms with Gasteiger partial charge in [-0.2, -0.15) is 0 Å². The molecule has 1 unspecified atom stereocenters. The van der Waals surface area contributed by atoms with E-state index < -0.39 is 11.6 Å². The van der Waals surface area contributed by atoms with Gasteiger partial charge >= 0.3 is 5.97 Å². The maximum Gasteiger partial charge on any atom is 0.359 e. The first kappa shape index (κ1) is 23.9. The Morgan fingerprint density at radius 2 is 1.73 bits per heavy atom. The Morgan fingerprint density at radius 1 is 0.902 bits per heavy atom. The van der Waals surface area contributed by atoms with Crippen molar-refractivity contribution in [3.05, 3.63) is 131 Å². The topological polar surface area (TPSA) is 59.7 Å². The number of anilines is 1. The first-order valence-electron chi connectivity index (χ1n) is 14.1. The number of carbonyl (C=O) groups excluding carboxylic acids is 1. The minimum atomic E-state index is -1.22. The third-order valence-corrected chi connectivity index (χ3v) is 8.66. The number of aromatic nitrogens is 3. The molecule has 0 fully saturated rings. The second-order valence-electron chi connectivity index (χ2n) is 11.0. The molecule has 6 heteroatoms. The lowest BCUT2D eigenvalue weighted by atomic mass is 9.80. The molecule has 0 radical (unpaired) electrons. The monoisotopic (exact) mass is 536 g/mol. The minimum Gasteiger partial charge on any atom is -0.438 e. The average Bonchev–Trinajstić information content (AvgIpc) is 3.55. The number of fused-ring (bicyclic) bond motifs is 5. The Kier molecular flexibility index (Phi) is 5.10. The van der Waals surface area contributed by atoms with Gasteiger partial charge in [0, 0.05) is 42.2 Å². The number of cyclic esters (lactones) is 1. The van der Waals surface area contributed by atoms with Gasteiger partial charge in [-0.3, -0.25) is 0 Å². The fourth-order valence-corrected chi connectivity index (χ4v) is 6.82. The van der Waals surface area contributed by atoms with Gasteiger partial charge in [-0.15, -0.1) is 0 Å². The molecule has 1 atom stereocenters. The summed E-state index contributed by atoms with van der Waals surface area (Å²) < 4.78 is 8.92. The Hall–Kier alpha value is -4.97. The molecular formula is C35H28N4O2. The van der Waals surface area contributed by atoms with Crippen molar-refractivity contribution in [1.82, 2.24) is 14.4 Å². The van der Waals surface area contributed by atoms with Crippen molar-refractivity contribution in [2.75, 3.05) is 18.5 Å². The molecule has 3 aromatic carbocycles. The molecule has 0 saturated heterocycles. The molecule has 200 valence electrons. The fourth-order valence-electron chi connectivity index (χ4n) is 6.82. The van der Waals surface area contributed by atoms with Crippen molar-refractivity contribution in [1.29, 1.82) is 0 Å². The van der Waals surface area contributed by atoms with Crippen molar-refractivity contribution in [3.8, 4) is 11.1 Å². The standard InChI is InChI=1S/C35H28N4O2/c1-22-31-21-26(23-10-4-3-5-11-23)33(39(31)30-15-7-6-14-28(30)37-22)35(27-13-8-18-36-32(27)34(40)41-35)25-16-17-29-24(20-25)12-9-19-38(29)2/h3-8,10-11,13-18,20-21H,9,12,19H2,1-2H3. The number of benzene rings is 3. The minimum absolute atomic E-state index is 0.353. The summed E-state index contributed by atoms with van der Waals surface area (Å²) in [6, 6.07) is 31.1. The molecule has 2 aliphatic rings. The number of para-hydroxylation sites is 2. The number of pyridine rings is 1. The quantitative estimate of drug-likeness (QED) is 0.236. The van der Waals surface area contributed by atoms with Gasteiger partial charge in [0.1, 0.15) is 0 Å². The molecule has 6 aromatic rings. The Bertz CT molecular complexity index is 2010. The van der Waals surface area contributed by atoms with Crippen molar-refractivity contribution >= 4 is 28.2 Å². The van der Waals surface area contributed by atoms with Crippen molar-refractivity contribution in [2.45, 2.75) is 25.4 Å². The van der Waals surface area contributed by atoms with Gasteiger partial charge in [-0.05, 0) is 67.3 Å². The second kappa shape index (κ2) is 8.77. The molecule has 0 saturated carbocycles.